The monoisotopic (exact) mass is 643 g/mol. The number of ketones is 2. The molecule has 0 amide bonds. The van der Waals surface area contributed by atoms with Gasteiger partial charge in [0, 0.05) is 18.5 Å². The van der Waals surface area contributed by atoms with E-state index in [0.29, 0.717) is 48.8 Å². The van der Waals surface area contributed by atoms with Gasteiger partial charge >= 0.3 is 5.97 Å². The fraction of sp³-hybridized carbons (Fsp3) is 0.475. The first-order valence-corrected chi connectivity index (χ1v) is 17.0. The van der Waals surface area contributed by atoms with E-state index in [0.717, 1.165) is 26.1 Å². The van der Waals surface area contributed by atoms with Gasteiger partial charge in [-0.2, -0.15) is 0 Å². The van der Waals surface area contributed by atoms with Crippen molar-refractivity contribution in [3.8, 4) is 0 Å². The molecule has 0 aliphatic carbocycles. The summed E-state index contributed by atoms with van der Waals surface area (Å²) in [6, 6.07) is 19.2. The van der Waals surface area contributed by atoms with Crippen LogP contribution in [0.25, 0.3) is 0 Å². The number of anilines is 1. The number of likely N-dealkylation sites (tertiary alicyclic amines) is 1. The lowest BCUT2D eigenvalue weighted by atomic mass is 9.92. The van der Waals surface area contributed by atoms with E-state index in [-0.39, 0.29) is 12.0 Å². The summed E-state index contributed by atoms with van der Waals surface area (Å²) < 4.78 is 4.79. The molecule has 0 saturated carbocycles. The lowest BCUT2D eigenvalue weighted by Gasteiger charge is -2.31. The fourth-order valence-corrected chi connectivity index (χ4v) is 5.81. The number of piperidine rings is 1. The maximum absolute atomic E-state index is 12.4. The number of carbonyl (C=O) groups excluding carboxylic acids is 3. The van der Waals surface area contributed by atoms with E-state index in [1.165, 1.54) is 46.2 Å². The molecule has 1 aliphatic rings. The molecule has 0 radical (unpaired) electrons. The first-order valence-electron chi connectivity index (χ1n) is 17.0. The molecule has 1 aliphatic heterocycles. The summed E-state index contributed by atoms with van der Waals surface area (Å²) in [5, 5.41) is 0. The molecule has 7 heteroatoms. The van der Waals surface area contributed by atoms with Crippen molar-refractivity contribution >= 4 is 23.2 Å². The van der Waals surface area contributed by atoms with Gasteiger partial charge in [0.25, 0.3) is 0 Å². The largest absolute Gasteiger partial charge is 0.462 e. The summed E-state index contributed by atoms with van der Waals surface area (Å²) in [5.74, 6) is 0.387. The molecular weight excluding hydrogens is 586 g/mol. The normalized spacial score (nSPS) is 14.4. The summed E-state index contributed by atoms with van der Waals surface area (Å²) in [6.45, 7) is 18.2. The molecule has 256 valence electrons. The Bertz CT molecular complexity index is 1390. The molecule has 0 bridgehead atoms. The molecule has 0 spiro atoms. The molecule has 3 aromatic rings. The average Bonchev–Trinajstić information content (AvgIpc) is 3.05. The van der Waals surface area contributed by atoms with Crippen molar-refractivity contribution in [1.29, 1.82) is 0 Å². The van der Waals surface area contributed by atoms with E-state index in [4.69, 9.17) is 10.5 Å². The van der Waals surface area contributed by atoms with Crippen LogP contribution in [-0.4, -0.2) is 73.2 Å². The van der Waals surface area contributed by atoms with Crippen molar-refractivity contribution in [1.82, 2.24) is 9.80 Å². The first-order chi connectivity index (χ1) is 22.4. The van der Waals surface area contributed by atoms with Crippen LogP contribution in [0.5, 0.6) is 0 Å². The predicted octanol–water partition coefficient (Wildman–Crippen LogP) is 7.10. The molecule has 1 fully saturated rings. The van der Waals surface area contributed by atoms with Gasteiger partial charge in [-0.1, -0.05) is 56.7 Å². The zero-order valence-corrected chi connectivity index (χ0v) is 30.0. The third kappa shape index (κ3) is 13.1. The number of nitrogens with two attached hydrogens (primary N) is 1. The molecule has 7 nitrogen and oxygen atoms in total. The third-order valence-corrected chi connectivity index (χ3v) is 8.87. The van der Waals surface area contributed by atoms with Gasteiger partial charge in [-0.25, -0.2) is 4.79 Å². The minimum absolute atomic E-state index is 0.137. The van der Waals surface area contributed by atoms with E-state index in [9.17, 15) is 14.4 Å². The number of aryl methyl sites for hydroxylation is 4. The van der Waals surface area contributed by atoms with E-state index in [1.807, 2.05) is 6.07 Å². The Balaban J connectivity index is 0.000000250. The van der Waals surface area contributed by atoms with Crippen molar-refractivity contribution in [2.75, 3.05) is 45.6 Å². The van der Waals surface area contributed by atoms with Crippen LogP contribution in [0.15, 0.2) is 60.7 Å². The van der Waals surface area contributed by atoms with Crippen molar-refractivity contribution in [2.24, 2.45) is 0 Å². The van der Waals surface area contributed by atoms with Gasteiger partial charge in [-0.15, -0.1) is 0 Å². The highest BCUT2D eigenvalue weighted by Crippen LogP contribution is 2.20. The van der Waals surface area contributed by atoms with Crippen molar-refractivity contribution in [2.45, 2.75) is 86.6 Å². The summed E-state index contributed by atoms with van der Waals surface area (Å²) in [7, 11) is 2.08. The summed E-state index contributed by atoms with van der Waals surface area (Å²) >= 11 is 0. The van der Waals surface area contributed by atoms with Crippen LogP contribution in [0.4, 0.5) is 5.69 Å². The van der Waals surface area contributed by atoms with Crippen molar-refractivity contribution in [3.05, 3.63) is 99.6 Å². The zero-order chi connectivity index (χ0) is 34.9. The quantitative estimate of drug-likeness (QED) is 0.176. The van der Waals surface area contributed by atoms with Gasteiger partial charge < -0.3 is 10.5 Å². The fourth-order valence-electron chi connectivity index (χ4n) is 5.81. The minimum Gasteiger partial charge on any atom is -0.462 e. The molecule has 1 heterocycles. The van der Waals surface area contributed by atoms with Crippen LogP contribution in [0.1, 0.15) is 83.8 Å². The molecule has 0 aromatic heterocycles. The maximum atomic E-state index is 12.4. The number of hydrogen-bond donors (Lipinski definition) is 1. The Morgan fingerprint density at radius 2 is 1.30 bits per heavy atom. The van der Waals surface area contributed by atoms with Gasteiger partial charge in [-0.3, -0.25) is 19.4 Å². The number of nitrogen functional groups attached to an aromatic ring is 1. The molecular formula is C40H57N3O4. The lowest BCUT2D eigenvalue weighted by Crippen LogP contribution is -2.42. The van der Waals surface area contributed by atoms with Crippen LogP contribution in [0.3, 0.4) is 0 Å². The third-order valence-electron chi connectivity index (χ3n) is 8.87. The number of Topliss-reactive ketones (excluding diaryl/α,β-unsaturated/α-hetero) is 2. The molecule has 3 aromatic carbocycles. The van der Waals surface area contributed by atoms with E-state index < -0.39 is 0 Å². The zero-order valence-electron chi connectivity index (χ0n) is 30.0. The topological polar surface area (TPSA) is 92.9 Å². The van der Waals surface area contributed by atoms with Gasteiger partial charge in [-0.05, 0) is 132 Å². The number of nitrogens with zero attached hydrogens (tertiary/aromatic N) is 2. The van der Waals surface area contributed by atoms with Crippen LogP contribution in [0, 0.1) is 27.7 Å². The second kappa shape index (κ2) is 20.4. The Morgan fingerprint density at radius 1 is 0.787 bits per heavy atom. The number of ether oxygens (including phenoxy) is 1. The molecule has 1 atom stereocenters. The number of benzene rings is 3. The van der Waals surface area contributed by atoms with Gasteiger partial charge in [0.15, 0.2) is 11.6 Å². The van der Waals surface area contributed by atoms with Crippen LogP contribution >= 0.6 is 0 Å². The predicted molar refractivity (Wildman–Crippen MR) is 194 cm³/mol. The van der Waals surface area contributed by atoms with E-state index >= 15 is 0 Å². The smallest absolute Gasteiger partial charge is 0.338 e. The Labute approximate surface area is 283 Å². The highest BCUT2D eigenvalue weighted by atomic mass is 16.5. The molecule has 1 saturated heterocycles. The molecule has 2 N–H and O–H groups in total. The van der Waals surface area contributed by atoms with Crippen LogP contribution in [0.2, 0.25) is 0 Å². The summed E-state index contributed by atoms with van der Waals surface area (Å²) in [5.41, 5.74) is 14.0. The number of hydrogen-bond acceptors (Lipinski definition) is 7. The maximum Gasteiger partial charge on any atom is 0.338 e. The molecule has 4 rings (SSSR count). The number of rotatable bonds is 11. The van der Waals surface area contributed by atoms with Gasteiger partial charge in [0.2, 0.25) is 0 Å². The Morgan fingerprint density at radius 3 is 1.77 bits per heavy atom. The number of carbonyl (C=O) groups is 3. The minimum atomic E-state index is -0.308. The number of likely N-dealkylation sites (N-methyl/N-ethyl adjacent to an activating group) is 2. The van der Waals surface area contributed by atoms with E-state index in [1.54, 1.807) is 31.2 Å². The first kappa shape index (κ1) is 39.4. The second-order valence-electron chi connectivity index (χ2n) is 12.4. The number of esters is 1. The Kier molecular flexibility index (Phi) is 17.1. The summed E-state index contributed by atoms with van der Waals surface area (Å²) in [4.78, 5) is 39.9. The van der Waals surface area contributed by atoms with E-state index in [2.05, 4.69) is 88.7 Å². The standard InChI is InChI=1S/C16H23NO.C15H23NO.C9H11NO2/c1-12-7-6-8-13(2)14(12)11-16(18)15-9-4-5-10-17(15)3;1-5-16(6-2)11-14(17)10-15-12(3)8-7-9-13(15)4;1-2-12-9(11)7-3-5-8(10)6-4-7/h6-8,15H,4-5,9-11H2,1-3H3;7-9H,5-6,10-11H2,1-4H3;3-6H,2,10H2,1H3. The average molecular weight is 644 g/mol. The SMILES string of the molecule is CCN(CC)CC(=O)Cc1c(C)cccc1C.CCOC(=O)c1ccc(N)cc1.Cc1cccc(C)c1CC(=O)C1CCCCN1C. The van der Waals surface area contributed by atoms with Crippen LogP contribution < -0.4 is 5.73 Å². The molecule has 47 heavy (non-hydrogen) atoms. The van der Waals surface area contributed by atoms with Gasteiger partial charge in [0.1, 0.15) is 0 Å². The summed E-state index contributed by atoms with van der Waals surface area (Å²) in [6.07, 6.45) is 4.60. The van der Waals surface area contributed by atoms with Crippen molar-refractivity contribution < 1.29 is 19.1 Å². The lowest BCUT2D eigenvalue weighted by molar-refractivity contribution is -0.124. The van der Waals surface area contributed by atoms with Crippen molar-refractivity contribution in [3.63, 3.8) is 0 Å². The second-order valence-corrected chi connectivity index (χ2v) is 12.4. The highest BCUT2D eigenvalue weighted by molar-refractivity contribution is 5.89. The Hall–Kier alpha value is -3.81. The molecule has 1 unspecified atom stereocenters. The van der Waals surface area contributed by atoms with Gasteiger partial charge in [0.05, 0.1) is 24.8 Å². The highest BCUT2D eigenvalue weighted by Gasteiger charge is 2.26. The van der Waals surface area contributed by atoms with Crippen LogP contribution in [-0.2, 0) is 27.2 Å².